The fraction of sp³-hybridized carbons (Fsp3) is 0.600. The third-order valence-corrected chi connectivity index (χ3v) is 4.20. The molecule has 0 radical (unpaired) electrons. The molecule has 1 amide bonds. The van der Waals surface area contributed by atoms with Crippen LogP contribution in [-0.2, 0) is 4.79 Å². The number of hydrogen-bond acceptors (Lipinski definition) is 3. The minimum absolute atomic E-state index is 0.110. The lowest BCUT2D eigenvalue weighted by Gasteiger charge is -2.36. The lowest BCUT2D eigenvalue weighted by molar-refractivity contribution is -0.124. The summed E-state index contributed by atoms with van der Waals surface area (Å²) in [5.74, 6) is 0.680. The van der Waals surface area contributed by atoms with Gasteiger partial charge in [-0.25, -0.2) is 0 Å². The van der Waals surface area contributed by atoms with E-state index in [1.807, 2.05) is 23.2 Å². The number of carbonyl (C=O) groups excluding carboxylic acids is 1. The van der Waals surface area contributed by atoms with Gasteiger partial charge in [0.1, 0.15) is 0 Å². The molecular weight excluding hydrogens is 238 g/mol. The SMILES string of the molecule is CC(C)c1ccc(N2CCN3CCCC3C2=O)cn1. The average molecular weight is 259 g/mol. The van der Waals surface area contributed by atoms with Gasteiger partial charge in [-0.15, -0.1) is 0 Å². The second-order valence-corrected chi connectivity index (χ2v) is 5.78. The number of fused-ring (bicyclic) bond motifs is 1. The van der Waals surface area contributed by atoms with Crippen LogP contribution in [-0.4, -0.2) is 41.5 Å². The van der Waals surface area contributed by atoms with Crippen LogP contribution in [0.25, 0.3) is 0 Å². The Morgan fingerprint density at radius 2 is 2.11 bits per heavy atom. The highest BCUT2D eigenvalue weighted by molar-refractivity contribution is 5.98. The van der Waals surface area contributed by atoms with Crippen molar-refractivity contribution in [2.45, 2.75) is 38.6 Å². The van der Waals surface area contributed by atoms with Gasteiger partial charge in [-0.2, -0.15) is 0 Å². The molecule has 2 aliphatic heterocycles. The molecule has 1 atom stereocenters. The lowest BCUT2D eigenvalue weighted by atomic mass is 10.1. The van der Waals surface area contributed by atoms with Crippen molar-refractivity contribution in [3.63, 3.8) is 0 Å². The second kappa shape index (κ2) is 4.93. The van der Waals surface area contributed by atoms with Gasteiger partial charge in [-0.1, -0.05) is 13.8 Å². The molecule has 4 heteroatoms. The molecule has 3 heterocycles. The molecule has 0 N–H and O–H groups in total. The maximum absolute atomic E-state index is 12.5. The van der Waals surface area contributed by atoms with Crippen LogP contribution in [0.2, 0.25) is 0 Å². The van der Waals surface area contributed by atoms with Crippen LogP contribution in [0.1, 0.15) is 38.3 Å². The highest BCUT2D eigenvalue weighted by Crippen LogP contribution is 2.26. The number of piperazine rings is 1. The van der Waals surface area contributed by atoms with Crippen molar-refractivity contribution >= 4 is 11.6 Å². The van der Waals surface area contributed by atoms with Crippen LogP contribution in [0.3, 0.4) is 0 Å². The summed E-state index contributed by atoms with van der Waals surface area (Å²) in [7, 11) is 0. The first-order valence-corrected chi connectivity index (χ1v) is 7.18. The Labute approximate surface area is 114 Å². The number of aromatic nitrogens is 1. The van der Waals surface area contributed by atoms with Crippen molar-refractivity contribution in [2.24, 2.45) is 0 Å². The minimum Gasteiger partial charge on any atom is -0.308 e. The normalized spacial score (nSPS) is 24.1. The summed E-state index contributed by atoms with van der Waals surface area (Å²) in [5.41, 5.74) is 2.02. The van der Waals surface area contributed by atoms with E-state index in [-0.39, 0.29) is 11.9 Å². The third kappa shape index (κ3) is 2.25. The van der Waals surface area contributed by atoms with Gasteiger partial charge < -0.3 is 4.90 Å². The molecule has 1 unspecified atom stereocenters. The number of nitrogens with zero attached hydrogens (tertiary/aromatic N) is 3. The number of rotatable bonds is 2. The van der Waals surface area contributed by atoms with Gasteiger partial charge in [-0.3, -0.25) is 14.7 Å². The smallest absolute Gasteiger partial charge is 0.244 e. The molecule has 0 bridgehead atoms. The van der Waals surface area contributed by atoms with Gasteiger partial charge >= 0.3 is 0 Å². The summed E-state index contributed by atoms with van der Waals surface area (Å²) in [6.45, 7) is 7.12. The fourth-order valence-electron chi connectivity index (χ4n) is 3.05. The van der Waals surface area contributed by atoms with Gasteiger partial charge in [0.15, 0.2) is 0 Å². The molecule has 1 aromatic rings. The standard InChI is InChI=1S/C15H21N3O/c1-11(2)13-6-5-12(10-16-13)18-9-8-17-7-3-4-14(17)15(18)19/h5-6,10-11,14H,3-4,7-9H2,1-2H3. The Hall–Kier alpha value is -1.42. The molecule has 3 rings (SSSR count). The van der Waals surface area contributed by atoms with Crippen molar-refractivity contribution in [3.05, 3.63) is 24.0 Å². The van der Waals surface area contributed by atoms with Crippen molar-refractivity contribution in [1.29, 1.82) is 0 Å². The summed E-state index contributed by atoms with van der Waals surface area (Å²) in [6, 6.07) is 4.18. The largest absolute Gasteiger partial charge is 0.308 e. The van der Waals surface area contributed by atoms with E-state index < -0.39 is 0 Å². The summed E-state index contributed by atoms with van der Waals surface area (Å²) in [6.07, 6.45) is 4.00. The van der Waals surface area contributed by atoms with E-state index in [2.05, 4.69) is 23.7 Å². The zero-order valence-electron chi connectivity index (χ0n) is 11.7. The predicted molar refractivity (Wildman–Crippen MR) is 75.3 cm³/mol. The summed E-state index contributed by atoms with van der Waals surface area (Å²) < 4.78 is 0. The van der Waals surface area contributed by atoms with Crippen molar-refractivity contribution in [3.8, 4) is 0 Å². The van der Waals surface area contributed by atoms with Crippen LogP contribution in [0.15, 0.2) is 18.3 Å². The second-order valence-electron chi connectivity index (χ2n) is 5.78. The van der Waals surface area contributed by atoms with Crippen LogP contribution in [0.4, 0.5) is 5.69 Å². The molecule has 0 aliphatic carbocycles. The average Bonchev–Trinajstić information content (AvgIpc) is 2.88. The highest BCUT2D eigenvalue weighted by atomic mass is 16.2. The summed E-state index contributed by atoms with van der Waals surface area (Å²) in [5, 5.41) is 0. The Bertz CT molecular complexity index is 469. The summed E-state index contributed by atoms with van der Waals surface area (Å²) >= 11 is 0. The minimum atomic E-state index is 0.110. The number of amides is 1. The van der Waals surface area contributed by atoms with Crippen molar-refractivity contribution in [1.82, 2.24) is 9.88 Å². The van der Waals surface area contributed by atoms with Crippen molar-refractivity contribution < 1.29 is 4.79 Å². The zero-order chi connectivity index (χ0) is 13.4. The van der Waals surface area contributed by atoms with Crippen LogP contribution < -0.4 is 4.90 Å². The maximum atomic E-state index is 12.5. The molecule has 4 nitrogen and oxygen atoms in total. The van der Waals surface area contributed by atoms with Crippen LogP contribution in [0.5, 0.6) is 0 Å². The molecular formula is C15H21N3O. The predicted octanol–water partition coefficient (Wildman–Crippen LogP) is 2.02. The highest BCUT2D eigenvalue weighted by Gasteiger charge is 2.38. The van der Waals surface area contributed by atoms with E-state index in [0.29, 0.717) is 5.92 Å². The number of hydrogen-bond donors (Lipinski definition) is 0. The van der Waals surface area contributed by atoms with E-state index in [1.165, 1.54) is 0 Å². The zero-order valence-corrected chi connectivity index (χ0v) is 11.7. The first-order chi connectivity index (χ1) is 9.16. The number of pyridine rings is 1. The summed E-state index contributed by atoms with van der Waals surface area (Å²) in [4.78, 5) is 21.2. The maximum Gasteiger partial charge on any atom is 0.244 e. The van der Waals surface area contributed by atoms with Gasteiger partial charge in [0.25, 0.3) is 0 Å². The first kappa shape index (κ1) is 12.6. The molecule has 2 saturated heterocycles. The Balaban J connectivity index is 1.80. The number of carbonyl (C=O) groups is 1. The van der Waals surface area contributed by atoms with Gasteiger partial charge in [-0.05, 0) is 37.4 Å². The first-order valence-electron chi connectivity index (χ1n) is 7.18. The molecule has 2 aliphatic rings. The van der Waals surface area contributed by atoms with Gasteiger partial charge in [0.05, 0.1) is 17.9 Å². The van der Waals surface area contributed by atoms with Gasteiger partial charge in [0, 0.05) is 18.8 Å². The topological polar surface area (TPSA) is 36.4 Å². The van der Waals surface area contributed by atoms with E-state index in [9.17, 15) is 4.79 Å². The molecule has 0 aromatic carbocycles. The quantitative estimate of drug-likeness (QED) is 0.815. The monoisotopic (exact) mass is 259 g/mol. The fourth-order valence-corrected chi connectivity index (χ4v) is 3.05. The van der Waals surface area contributed by atoms with E-state index in [1.54, 1.807) is 0 Å². The van der Waals surface area contributed by atoms with Crippen LogP contribution >= 0.6 is 0 Å². The number of anilines is 1. The van der Waals surface area contributed by atoms with E-state index in [0.717, 1.165) is 43.9 Å². The Kier molecular flexibility index (Phi) is 3.27. The Morgan fingerprint density at radius 1 is 1.26 bits per heavy atom. The lowest BCUT2D eigenvalue weighted by Crippen LogP contribution is -2.54. The van der Waals surface area contributed by atoms with Crippen molar-refractivity contribution in [2.75, 3.05) is 24.5 Å². The molecule has 2 fully saturated rings. The van der Waals surface area contributed by atoms with Gasteiger partial charge in [0.2, 0.25) is 5.91 Å². The van der Waals surface area contributed by atoms with E-state index >= 15 is 0 Å². The molecule has 19 heavy (non-hydrogen) atoms. The third-order valence-electron chi connectivity index (χ3n) is 4.20. The molecule has 0 spiro atoms. The molecule has 1 aromatic heterocycles. The Morgan fingerprint density at radius 3 is 2.79 bits per heavy atom. The molecule has 102 valence electrons. The molecule has 0 saturated carbocycles. The van der Waals surface area contributed by atoms with E-state index in [4.69, 9.17) is 0 Å². The van der Waals surface area contributed by atoms with Crippen LogP contribution in [0, 0.1) is 0 Å².